The summed E-state index contributed by atoms with van der Waals surface area (Å²) in [6.07, 6.45) is 4.31. The molecule has 0 atom stereocenters. The highest BCUT2D eigenvalue weighted by Gasteiger charge is 2.13. The summed E-state index contributed by atoms with van der Waals surface area (Å²) in [6, 6.07) is 19.5. The van der Waals surface area contributed by atoms with Gasteiger partial charge >= 0.3 is 0 Å². The second-order valence-corrected chi connectivity index (χ2v) is 7.85. The van der Waals surface area contributed by atoms with Crippen LogP contribution in [0.4, 0.5) is 0 Å². The van der Waals surface area contributed by atoms with Gasteiger partial charge in [0.15, 0.2) is 0 Å². The Kier molecular flexibility index (Phi) is 5.90. The molecule has 0 bridgehead atoms. The number of rotatable bonds is 4. The topological polar surface area (TPSA) is 0 Å². The van der Waals surface area contributed by atoms with Crippen molar-refractivity contribution >= 4 is 17.3 Å². The molecule has 2 aromatic rings. The predicted octanol–water partition coefficient (Wildman–Crippen LogP) is 7.08. The van der Waals surface area contributed by atoms with Crippen LogP contribution in [-0.2, 0) is 5.41 Å². The van der Waals surface area contributed by atoms with Crippen LogP contribution in [0.3, 0.4) is 0 Å². The summed E-state index contributed by atoms with van der Waals surface area (Å²) in [5.74, 6) is 0. The second kappa shape index (κ2) is 7.70. The van der Waals surface area contributed by atoms with E-state index >= 15 is 0 Å². The summed E-state index contributed by atoms with van der Waals surface area (Å²) >= 11 is 1.83. The van der Waals surface area contributed by atoms with Crippen molar-refractivity contribution in [3.63, 3.8) is 0 Å². The largest absolute Gasteiger partial charge is 0.0898 e. The Labute approximate surface area is 145 Å². The van der Waals surface area contributed by atoms with Crippen LogP contribution in [0.2, 0.25) is 0 Å². The first-order chi connectivity index (χ1) is 10.9. The minimum Gasteiger partial charge on any atom is -0.0898 e. The minimum absolute atomic E-state index is 0.200. The van der Waals surface area contributed by atoms with E-state index in [1.54, 1.807) is 0 Å². The molecule has 0 amide bonds. The monoisotopic (exact) mass is 322 g/mol. The summed E-state index contributed by atoms with van der Waals surface area (Å²) in [6.45, 7) is 11.0. The quantitative estimate of drug-likeness (QED) is 0.428. The number of thioether (sulfide) groups is 1. The molecule has 0 aliphatic carbocycles. The van der Waals surface area contributed by atoms with Crippen LogP contribution >= 0.6 is 11.8 Å². The Balaban J connectivity index is 2.30. The maximum Gasteiger partial charge on any atom is 0.0154 e. The van der Waals surface area contributed by atoms with Gasteiger partial charge in [0, 0.05) is 9.80 Å². The van der Waals surface area contributed by atoms with E-state index in [0.717, 1.165) is 0 Å². The third-order valence-corrected chi connectivity index (χ3v) is 5.01. The SMILES string of the molecule is C/C=C\C(Sc1ccc(C(C)(C)C)cc1)=C(/C)c1ccccc1. The summed E-state index contributed by atoms with van der Waals surface area (Å²) in [7, 11) is 0. The zero-order valence-corrected chi connectivity index (χ0v) is 15.6. The highest BCUT2D eigenvalue weighted by atomic mass is 32.2. The van der Waals surface area contributed by atoms with E-state index in [4.69, 9.17) is 0 Å². The van der Waals surface area contributed by atoms with Crippen molar-refractivity contribution in [1.29, 1.82) is 0 Å². The van der Waals surface area contributed by atoms with Crippen molar-refractivity contribution < 1.29 is 0 Å². The van der Waals surface area contributed by atoms with Crippen molar-refractivity contribution in [2.45, 2.75) is 44.9 Å². The molecule has 0 aromatic heterocycles. The smallest absolute Gasteiger partial charge is 0.0154 e. The van der Waals surface area contributed by atoms with Crippen LogP contribution in [0.15, 0.2) is 76.5 Å². The highest BCUT2D eigenvalue weighted by molar-refractivity contribution is 8.03. The molecule has 0 nitrogen and oxygen atoms in total. The second-order valence-electron chi connectivity index (χ2n) is 6.73. The molecule has 2 rings (SSSR count). The molecule has 0 radical (unpaired) electrons. The molecule has 0 heterocycles. The van der Waals surface area contributed by atoms with Crippen LogP contribution in [0.1, 0.15) is 45.7 Å². The van der Waals surface area contributed by atoms with Crippen LogP contribution in [-0.4, -0.2) is 0 Å². The number of allylic oxidation sites excluding steroid dienone is 3. The fourth-order valence-electron chi connectivity index (χ4n) is 2.37. The van der Waals surface area contributed by atoms with Crippen LogP contribution < -0.4 is 0 Å². The van der Waals surface area contributed by atoms with E-state index in [9.17, 15) is 0 Å². The summed E-state index contributed by atoms with van der Waals surface area (Å²) in [4.78, 5) is 2.57. The molecule has 0 saturated heterocycles. The van der Waals surface area contributed by atoms with Gasteiger partial charge in [0.25, 0.3) is 0 Å². The molecular weight excluding hydrogens is 296 g/mol. The van der Waals surface area contributed by atoms with E-state index in [1.807, 2.05) is 11.8 Å². The molecule has 0 N–H and O–H groups in total. The van der Waals surface area contributed by atoms with Gasteiger partial charge in [-0.05, 0) is 48.1 Å². The predicted molar refractivity (Wildman–Crippen MR) is 105 cm³/mol. The van der Waals surface area contributed by atoms with Crippen LogP contribution in [0.25, 0.3) is 5.57 Å². The van der Waals surface area contributed by atoms with Crippen LogP contribution in [0, 0.1) is 0 Å². The lowest BCUT2D eigenvalue weighted by Crippen LogP contribution is -2.10. The van der Waals surface area contributed by atoms with Crippen molar-refractivity contribution in [1.82, 2.24) is 0 Å². The van der Waals surface area contributed by atoms with Gasteiger partial charge < -0.3 is 0 Å². The van der Waals surface area contributed by atoms with Gasteiger partial charge in [0.1, 0.15) is 0 Å². The van der Waals surface area contributed by atoms with Gasteiger partial charge in [-0.25, -0.2) is 0 Å². The summed E-state index contributed by atoms with van der Waals surface area (Å²) in [5.41, 5.74) is 4.16. The molecule has 23 heavy (non-hydrogen) atoms. The first-order valence-corrected chi connectivity index (χ1v) is 8.91. The maximum atomic E-state index is 2.25. The Morgan fingerprint density at radius 3 is 2.04 bits per heavy atom. The fraction of sp³-hybridized carbons (Fsp3) is 0.273. The minimum atomic E-state index is 0.200. The third kappa shape index (κ3) is 4.87. The Hall–Kier alpha value is -1.73. The number of hydrogen-bond acceptors (Lipinski definition) is 1. The first kappa shape index (κ1) is 17.6. The standard InChI is InChI=1S/C22H26S/c1-6-10-21(17(2)18-11-8-7-9-12-18)23-20-15-13-19(14-16-20)22(3,4)5/h6-16H,1-5H3/b10-6-,21-17-. The highest BCUT2D eigenvalue weighted by Crippen LogP contribution is 2.34. The molecule has 0 aliphatic rings. The molecule has 0 aliphatic heterocycles. The summed E-state index contributed by atoms with van der Waals surface area (Å²) in [5, 5.41) is 0. The number of hydrogen-bond donors (Lipinski definition) is 0. The Morgan fingerprint density at radius 1 is 0.913 bits per heavy atom. The van der Waals surface area contributed by atoms with Crippen molar-refractivity contribution in [3.8, 4) is 0 Å². The van der Waals surface area contributed by atoms with Crippen molar-refractivity contribution in [3.05, 3.63) is 82.8 Å². The summed E-state index contributed by atoms with van der Waals surface area (Å²) < 4.78 is 0. The Bertz CT molecular complexity index is 683. The zero-order chi connectivity index (χ0) is 16.9. The molecule has 0 fully saturated rings. The third-order valence-electron chi connectivity index (χ3n) is 3.84. The lowest BCUT2D eigenvalue weighted by Gasteiger charge is -2.19. The number of benzene rings is 2. The molecule has 0 unspecified atom stereocenters. The maximum absolute atomic E-state index is 2.25. The molecule has 0 saturated carbocycles. The molecule has 2 aromatic carbocycles. The van der Waals surface area contributed by atoms with E-state index < -0.39 is 0 Å². The Morgan fingerprint density at radius 2 is 1.52 bits per heavy atom. The lowest BCUT2D eigenvalue weighted by atomic mass is 9.87. The van der Waals surface area contributed by atoms with E-state index in [0.29, 0.717) is 0 Å². The molecule has 120 valence electrons. The van der Waals surface area contributed by atoms with Crippen molar-refractivity contribution in [2.75, 3.05) is 0 Å². The van der Waals surface area contributed by atoms with Gasteiger partial charge in [-0.15, -0.1) is 0 Å². The molecular formula is C22H26S. The van der Waals surface area contributed by atoms with Gasteiger partial charge in [-0.3, -0.25) is 0 Å². The van der Waals surface area contributed by atoms with Gasteiger partial charge in [0.2, 0.25) is 0 Å². The van der Waals surface area contributed by atoms with Crippen molar-refractivity contribution in [2.24, 2.45) is 0 Å². The van der Waals surface area contributed by atoms with E-state index in [-0.39, 0.29) is 5.41 Å². The van der Waals surface area contributed by atoms with Gasteiger partial charge in [-0.1, -0.05) is 87.1 Å². The van der Waals surface area contributed by atoms with Crippen LogP contribution in [0.5, 0.6) is 0 Å². The average Bonchev–Trinajstić information content (AvgIpc) is 2.54. The van der Waals surface area contributed by atoms with Gasteiger partial charge in [0.05, 0.1) is 0 Å². The zero-order valence-electron chi connectivity index (χ0n) is 14.8. The normalized spacial score (nSPS) is 13.3. The fourth-order valence-corrected chi connectivity index (χ4v) is 3.37. The molecule has 1 heteroatoms. The van der Waals surface area contributed by atoms with Gasteiger partial charge in [-0.2, -0.15) is 0 Å². The average molecular weight is 323 g/mol. The van der Waals surface area contributed by atoms with E-state index in [2.05, 4.69) is 101 Å². The van der Waals surface area contributed by atoms with E-state index in [1.165, 1.54) is 26.5 Å². The first-order valence-electron chi connectivity index (χ1n) is 8.09. The molecule has 0 spiro atoms. The lowest BCUT2D eigenvalue weighted by molar-refractivity contribution is 0.590.